The average Bonchev–Trinajstić information content (AvgIpc) is 3.15. The highest BCUT2D eigenvalue weighted by atomic mass is 16.5. The summed E-state index contributed by atoms with van der Waals surface area (Å²) >= 11 is 0. The van der Waals surface area contributed by atoms with E-state index in [-0.39, 0.29) is 11.3 Å². The average molecular weight is 480 g/mol. The van der Waals surface area contributed by atoms with Crippen LogP contribution in [0.4, 0.5) is 10.5 Å². The molecule has 1 aromatic heterocycles. The Bertz CT molecular complexity index is 1560. The van der Waals surface area contributed by atoms with Gasteiger partial charge in [0.2, 0.25) is 0 Å². The third kappa shape index (κ3) is 3.84. The fourth-order valence-corrected chi connectivity index (χ4v) is 4.66. The Kier molecular flexibility index (Phi) is 5.90. The van der Waals surface area contributed by atoms with Gasteiger partial charge in [0.15, 0.2) is 0 Å². The van der Waals surface area contributed by atoms with E-state index in [0.29, 0.717) is 17.9 Å². The minimum atomic E-state index is -0.810. The Morgan fingerprint density at radius 3 is 2.39 bits per heavy atom. The number of fused-ring (bicyclic) bond motifs is 1. The summed E-state index contributed by atoms with van der Waals surface area (Å²) in [6.45, 7) is 6.10. The first-order valence-electron chi connectivity index (χ1n) is 11.7. The third-order valence-electron chi connectivity index (χ3n) is 6.29. The number of benzene rings is 3. The molecule has 3 aromatic carbocycles. The number of ether oxygens (including phenoxy) is 1. The van der Waals surface area contributed by atoms with Gasteiger partial charge in [-0.15, -0.1) is 0 Å². The molecule has 4 amide bonds. The molecule has 0 saturated carbocycles. The van der Waals surface area contributed by atoms with Crippen LogP contribution >= 0.6 is 0 Å². The predicted molar refractivity (Wildman–Crippen MR) is 139 cm³/mol. The van der Waals surface area contributed by atoms with E-state index in [2.05, 4.69) is 28.1 Å². The highest BCUT2D eigenvalue weighted by Gasteiger charge is 2.38. The van der Waals surface area contributed by atoms with Crippen molar-refractivity contribution < 1.29 is 19.1 Å². The van der Waals surface area contributed by atoms with Crippen LogP contribution in [0.25, 0.3) is 22.5 Å². The molecule has 0 radical (unpaired) electrons. The van der Waals surface area contributed by atoms with Gasteiger partial charge in [-0.2, -0.15) is 0 Å². The summed E-state index contributed by atoms with van der Waals surface area (Å²) in [4.78, 5) is 39.9. The van der Waals surface area contributed by atoms with Crippen molar-refractivity contribution in [3.05, 3.63) is 95.3 Å². The molecule has 1 fully saturated rings. The number of aromatic nitrogens is 1. The van der Waals surface area contributed by atoms with Crippen LogP contribution in [-0.2, 0) is 9.59 Å². The molecule has 36 heavy (non-hydrogen) atoms. The number of urea groups is 1. The number of amides is 4. The van der Waals surface area contributed by atoms with E-state index in [1.807, 2.05) is 51.1 Å². The molecule has 7 heteroatoms. The number of anilines is 1. The van der Waals surface area contributed by atoms with Crippen LogP contribution in [0.5, 0.6) is 5.75 Å². The topological polar surface area (TPSA) is 80.6 Å². The number of barbiturate groups is 1. The van der Waals surface area contributed by atoms with Crippen molar-refractivity contribution in [3.8, 4) is 11.4 Å². The number of hydrogen-bond acceptors (Lipinski definition) is 4. The molecule has 0 aliphatic carbocycles. The third-order valence-corrected chi connectivity index (χ3v) is 6.29. The summed E-state index contributed by atoms with van der Waals surface area (Å²) in [5, 5.41) is 4.50. The van der Waals surface area contributed by atoms with E-state index in [0.717, 1.165) is 32.7 Å². The number of carbonyl (C=O) groups is 3. The van der Waals surface area contributed by atoms with Gasteiger partial charge in [0.25, 0.3) is 11.8 Å². The number of aryl methyl sites for hydroxylation is 1. The molecule has 1 aliphatic rings. The van der Waals surface area contributed by atoms with Gasteiger partial charge in [0.1, 0.15) is 11.3 Å². The van der Waals surface area contributed by atoms with E-state index in [1.165, 1.54) is 0 Å². The fraction of sp³-hybridized carbons (Fsp3) is 0.138. The van der Waals surface area contributed by atoms with Crippen LogP contribution in [0.3, 0.4) is 0 Å². The van der Waals surface area contributed by atoms with E-state index < -0.39 is 17.8 Å². The van der Waals surface area contributed by atoms with Crippen molar-refractivity contribution in [2.75, 3.05) is 11.5 Å². The lowest BCUT2D eigenvalue weighted by Crippen LogP contribution is -2.54. The molecule has 1 aliphatic heterocycles. The van der Waals surface area contributed by atoms with Crippen LogP contribution in [0.1, 0.15) is 23.9 Å². The van der Waals surface area contributed by atoms with Crippen LogP contribution in [-0.4, -0.2) is 29.0 Å². The summed E-state index contributed by atoms with van der Waals surface area (Å²) in [6, 6.07) is 22.1. The van der Waals surface area contributed by atoms with E-state index >= 15 is 0 Å². The number of carbonyl (C=O) groups excluding carboxylic acids is 3. The van der Waals surface area contributed by atoms with Crippen molar-refractivity contribution in [1.82, 2.24) is 9.88 Å². The zero-order chi connectivity index (χ0) is 25.4. The number of imide groups is 2. The van der Waals surface area contributed by atoms with Crippen LogP contribution < -0.4 is 15.0 Å². The molecule has 0 spiro atoms. The first kappa shape index (κ1) is 23.1. The molecule has 1 saturated heterocycles. The minimum absolute atomic E-state index is 0.126. The molecule has 180 valence electrons. The first-order valence-corrected chi connectivity index (χ1v) is 11.7. The van der Waals surface area contributed by atoms with Crippen LogP contribution in [0.15, 0.2) is 78.4 Å². The van der Waals surface area contributed by atoms with Crippen molar-refractivity contribution in [2.45, 2.75) is 20.8 Å². The second kappa shape index (κ2) is 9.19. The number of hydrogen-bond donors (Lipinski definition) is 1. The van der Waals surface area contributed by atoms with E-state index in [4.69, 9.17) is 4.74 Å². The van der Waals surface area contributed by atoms with Gasteiger partial charge in [-0.05, 0) is 62.1 Å². The molecule has 7 nitrogen and oxygen atoms in total. The number of nitrogens with zero attached hydrogens (tertiary/aromatic N) is 2. The van der Waals surface area contributed by atoms with Gasteiger partial charge in [-0.25, -0.2) is 9.69 Å². The highest BCUT2D eigenvalue weighted by Crippen LogP contribution is 2.32. The summed E-state index contributed by atoms with van der Waals surface area (Å²) in [5.41, 5.74) is 3.70. The zero-order valence-corrected chi connectivity index (χ0v) is 20.2. The van der Waals surface area contributed by atoms with Crippen molar-refractivity contribution >= 4 is 40.4 Å². The highest BCUT2D eigenvalue weighted by molar-refractivity contribution is 6.39. The van der Waals surface area contributed by atoms with Crippen molar-refractivity contribution in [1.29, 1.82) is 0 Å². The van der Waals surface area contributed by atoms with Gasteiger partial charge in [0.05, 0.1) is 18.0 Å². The molecular formula is C29H25N3O4. The molecule has 0 bridgehead atoms. The number of para-hydroxylation sites is 2. The lowest BCUT2D eigenvalue weighted by molar-refractivity contribution is -0.122. The Morgan fingerprint density at radius 1 is 0.889 bits per heavy atom. The smallest absolute Gasteiger partial charge is 0.336 e. The largest absolute Gasteiger partial charge is 0.492 e. The second-order valence-corrected chi connectivity index (χ2v) is 8.52. The first-order chi connectivity index (χ1) is 17.4. The minimum Gasteiger partial charge on any atom is -0.492 e. The Balaban J connectivity index is 1.59. The quantitative estimate of drug-likeness (QED) is 0.311. The van der Waals surface area contributed by atoms with Gasteiger partial charge in [-0.1, -0.05) is 48.5 Å². The maximum atomic E-state index is 13.5. The maximum absolute atomic E-state index is 13.5. The Labute approximate surface area is 208 Å². The SMILES string of the molecule is CCOc1ccccc1N1C(=O)NC(=O)/C(=C\c2cc(C)n(-c3cccc4ccccc34)c2C)C1=O. The van der Waals surface area contributed by atoms with Gasteiger partial charge < -0.3 is 9.30 Å². The summed E-state index contributed by atoms with van der Waals surface area (Å²) < 4.78 is 7.71. The van der Waals surface area contributed by atoms with Gasteiger partial charge in [0, 0.05) is 16.8 Å². The molecule has 2 heterocycles. The number of rotatable bonds is 5. The molecule has 1 N–H and O–H groups in total. The lowest BCUT2D eigenvalue weighted by atomic mass is 10.1. The lowest BCUT2D eigenvalue weighted by Gasteiger charge is -2.27. The molecule has 4 aromatic rings. The van der Waals surface area contributed by atoms with Crippen LogP contribution in [0, 0.1) is 13.8 Å². The summed E-state index contributed by atoms with van der Waals surface area (Å²) in [7, 11) is 0. The summed E-state index contributed by atoms with van der Waals surface area (Å²) in [6.07, 6.45) is 1.55. The van der Waals surface area contributed by atoms with Gasteiger partial charge >= 0.3 is 6.03 Å². The van der Waals surface area contributed by atoms with Crippen LogP contribution in [0.2, 0.25) is 0 Å². The van der Waals surface area contributed by atoms with Crippen molar-refractivity contribution in [3.63, 3.8) is 0 Å². The normalized spacial score (nSPS) is 15.0. The van der Waals surface area contributed by atoms with Gasteiger partial charge in [-0.3, -0.25) is 14.9 Å². The maximum Gasteiger partial charge on any atom is 0.336 e. The Morgan fingerprint density at radius 2 is 1.58 bits per heavy atom. The summed E-state index contributed by atoms with van der Waals surface area (Å²) in [5.74, 6) is -1.05. The fourth-order valence-electron chi connectivity index (χ4n) is 4.66. The van der Waals surface area contributed by atoms with E-state index in [9.17, 15) is 14.4 Å². The predicted octanol–water partition coefficient (Wildman–Crippen LogP) is 5.31. The number of nitrogens with one attached hydrogen (secondary N) is 1. The Hall–Kier alpha value is -4.65. The van der Waals surface area contributed by atoms with Crippen molar-refractivity contribution in [2.24, 2.45) is 0 Å². The molecule has 5 rings (SSSR count). The standard InChI is InChI=1S/C29H25N3O4/c1-4-36-26-15-8-7-13-25(26)32-28(34)23(27(33)30-29(32)35)17-21-16-18(2)31(19(21)3)24-14-9-11-20-10-5-6-12-22(20)24/h5-17H,4H2,1-3H3,(H,30,33,35)/b23-17+. The monoisotopic (exact) mass is 479 g/mol. The molecule has 0 atom stereocenters. The zero-order valence-electron chi connectivity index (χ0n) is 20.2. The second-order valence-electron chi connectivity index (χ2n) is 8.52. The molecular weight excluding hydrogens is 454 g/mol. The molecule has 0 unspecified atom stereocenters. The van der Waals surface area contributed by atoms with E-state index in [1.54, 1.807) is 30.3 Å².